The molecule has 0 amide bonds. The molecule has 0 aliphatic heterocycles. The fourth-order valence-corrected chi connectivity index (χ4v) is 2.43. The molecule has 1 aromatic heterocycles. The highest BCUT2D eigenvalue weighted by atomic mass is 16.6. The fraction of sp³-hybridized carbons (Fsp3) is 0. The predicted molar refractivity (Wildman–Crippen MR) is 92.3 cm³/mol. The van der Waals surface area contributed by atoms with E-state index in [1.807, 2.05) is 53.2 Å². The lowest BCUT2D eigenvalue weighted by molar-refractivity contribution is -0.384. The number of benzene rings is 2. The minimum atomic E-state index is -0.458. The van der Waals surface area contributed by atoms with Crippen molar-refractivity contribution < 1.29 is 4.92 Å². The molecule has 1 heterocycles. The van der Waals surface area contributed by atoms with E-state index < -0.39 is 4.92 Å². The molecule has 0 radical (unpaired) electrons. The molecule has 0 unspecified atom stereocenters. The summed E-state index contributed by atoms with van der Waals surface area (Å²) >= 11 is 0. The summed E-state index contributed by atoms with van der Waals surface area (Å²) in [5.41, 5.74) is 2.94. The molecule has 5 nitrogen and oxygen atoms in total. The van der Waals surface area contributed by atoms with Crippen LogP contribution in [0.4, 0.5) is 5.69 Å². The minimum Gasteiger partial charge on any atom is -0.317 e. The summed E-state index contributed by atoms with van der Waals surface area (Å²) in [4.78, 5) is 10.3. The third-order valence-electron chi connectivity index (χ3n) is 3.62. The number of rotatable bonds is 4. The lowest BCUT2D eigenvalue weighted by Gasteiger charge is -2.07. The molecule has 0 N–H and O–H groups in total. The Morgan fingerprint density at radius 2 is 1.75 bits per heavy atom. The van der Waals surface area contributed by atoms with Crippen LogP contribution >= 0.6 is 0 Å². The van der Waals surface area contributed by atoms with Crippen molar-refractivity contribution >= 4 is 17.3 Å². The average molecular weight is 315 g/mol. The van der Waals surface area contributed by atoms with Gasteiger partial charge >= 0.3 is 0 Å². The number of aromatic nitrogens is 1. The van der Waals surface area contributed by atoms with E-state index in [1.165, 1.54) is 12.1 Å². The van der Waals surface area contributed by atoms with E-state index in [-0.39, 0.29) is 5.69 Å². The zero-order chi connectivity index (χ0) is 16.9. The van der Waals surface area contributed by atoms with E-state index in [2.05, 4.69) is 6.07 Å². The van der Waals surface area contributed by atoms with Gasteiger partial charge in [0.1, 0.15) is 0 Å². The van der Waals surface area contributed by atoms with Gasteiger partial charge in [0, 0.05) is 29.7 Å². The van der Waals surface area contributed by atoms with Gasteiger partial charge in [-0.15, -0.1) is 0 Å². The minimum absolute atomic E-state index is 0.00343. The SMILES string of the molecule is N#C/C(=C/c1cccn1-c1ccccc1)c1ccc([N+](=O)[O-])cc1. The Morgan fingerprint density at radius 3 is 2.38 bits per heavy atom. The average Bonchev–Trinajstić information content (AvgIpc) is 3.08. The Kier molecular flexibility index (Phi) is 4.21. The van der Waals surface area contributed by atoms with E-state index >= 15 is 0 Å². The molecule has 3 rings (SSSR count). The Labute approximate surface area is 138 Å². The van der Waals surface area contributed by atoms with Gasteiger partial charge in [-0.05, 0) is 48.0 Å². The van der Waals surface area contributed by atoms with Crippen molar-refractivity contribution in [3.63, 3.8) is 0 Å². The second-order valence-electron chi connectivity index (χ2n) is 5.11. The van der Waals surface area contributed by atoms with Crippen molar-refractivity contribution in [1.29, 1.82) is 5.26 Å². The maximum absolute atomic E-state index is 10.7. The van der Waals surface area contributed by atoms with Gasteiger partial charge in [-0.2, -0.15) is 5.26 Å². The highest BCUT2D eigenvalue weighted by molar-refractivity contribution is 5.89. The molecule has 0 bridgehead atoms. The normalized spacial score (nSPS) is 11.0. The molecule has 116 valence electrons. The second-order valence-corrected chi connectivity index (χ2v) is 5.11. The van der Waals surface area contributed by atoms with Gasteiger partial charge in [-0.25, -0.2) is 0 Å². The Balaban J connectivity index is 1.99. The third-order valence-corrected chi connectivity index (χ3v) is 3.62. The molecule has 24 heavy (non-hydrogen) atoms. The summed E-state index contributed by atoms with van der Waals surface area (Å²) in [6, 6.07) is 21.8. The number of para-hydroxylation sites is 1. The van der Waals surface area contributed by atoms with Gasteiger partial charge < -0.3 is 4.57 Å². The monoisotopic (exact) mass is 315 g/mol. The molecule has 0 saturated heterocycles. The van der Waals surface area contributed by atoms with Crippen LogP contribution in [0.3, 0.4) is 0 Å². The summed E-state index contributed by atoms with van der Waals surface area (Å²) in [7, 11) is 0. The van der Waals surface area contributed by atoms with Gasteiger partial charge in [0.15, 0.2) is 0 Å². The quantitative estimate of drug-likeness (QED) is 0.405. The molecule has 0 aliphatic carbocycles. The Morgan fingerprint density at radius 1 is 1.04 bits per heavy atom. The molecule has 0 aliphatic rings. The summed E-state index contributed by atoms with van der Waals surface area (Å²) in [6.45, 7) is 0. The number of nitriles is 1. The molecule has 5 heteroatoms. The topological polar surface area (TPSA) is 71.9 Å². The molecule has 0 fully saturated rings. The van der Waals surface area contributed by atoms with E-state index in [4.69, 9.17) is 0 Å². The van der Waals surface area contributed by atoms with Crippen LogP contribution in [0.2, 0.25) is 0 Å². The first-order valence-corrected chi connectivity index (χ1v) is 7.28. The van der Waals surface area contributed by atoms with Crippen molar-refractivity contribution in [3.8, 4) is 11.8 Å². The number of non-ortho nitro benzene ring substituents is 1. The molecule has 3 aromatic rings. The van der Waals surface area contributed by atoms with Gasteiger partial charge in [-0.3, -0.25) is 10.1 Å². The lowest BCUT2D eigenvalue weighted by Crippen LogP contribution is -1.94. The largest absolute Gasteiger partial charge is 0.317 e. The van der Waals surface area contributed by atoms with Gasteiger partial charge in [0.05, 0.1) is 16.6 Å². The van der Waals surface area contributed by atoms with E-state index in [0.717, 1.165) is 11.4 Å². The van der Waals surface area contributed by atoms with Crippen molar-refractivity contribution in [1.82, 2.24) is 4.57 Å². The zero-order valence-electron chi connectivity index (χ0n) is 12.7. The van der Waals surface area contributed by atoms with Crippen LogP contribution in [0.1, 0.15) is 11.3 Å². The van der Waals surface area contributed by atoms with Crippen LogP contribution in [0.15, 0.2) is 72.9 Å². The van der Waals surface area contributed by atoms with Crippen LogP contribution < -0.4 is 0 Å². The number of hydrogen-bond acceptors (Lipinski definition) is 3. The summed E-state index contributed by atoms with van der Waals surface area (Å²) < 4.78 is 1.97. The number of nitro benzene ring substituents is 1. The van der Waals surface area contributed by atoms with Crippen LogP contribution in [0.5, 0.6) is 0 Å². The second kappa shape index (κ2) is 6.63. The molecule has 0 saturated carbocycles. The standard InChI is InChI=1S/C19H13N3O2/c20-14-16(15-8-10-18(11-9-15)22(23)24)13-19-7-4-12-21(19)17-5-2-1-3-6-17/h1-13H/b16-13-. The fourth-order valence-electron chi connectivity index (χ4n) is 2.43. The number of allylic oxidation sites excluding steroid dienone is 1. The number of nitro groups is 1. The van der Waals surface area contributed by atoms with Crippen LogP contribution in [0.25, 0.3) is 17.3 Å². The number of nitrogens with zero attached hydrogens (tertiary/aromatic N) is 3. The van der Waals surface area contributed by atoms with Gasteiger partial charge in [-0.1, -0.05) is 18.2 Å². The summed E-state index contributed by atoms with van der Waals surface area (Å²) in [6.07, 6.45) is 3.69. The zero-order valence-corrected chi connectivity index (χ0v) is 12.7. The molecule has 0 atom stereocenters. The van der Waals surface area contributed by atoms with Crippen LogP contribution in [-0.2, 0) is 0 Å². The highest BCUT2D eigenvalue weighted by Crippen LogP contribution is 2.22. The van der Waals surface area contributed by atoms with Crippen molar-refractivity contribution in [2.75, 3.05) is 0 Å². The predicted octanol–water partition coefficient (Wildman–Crippen LogP) is 4.45. The van der Waals surface area contributed by atoms with Crippen molar-refractivity contribution in [3.05, 3.63) is 94.3 Å². The van der Waals surface area contributed by atoms with Crippen LogP contribution in [0, 0.1) is 21.4 Å². The van der Waals surface area contributed by atoms with Crippen molar-refractivity contribution in [2.24, 2.45) is 0 Å². The van der Waals surface area contributed by atoms with Gasteiger partial charge in [0.25, 0.3) is 5.69 Å². The smallest absolute Gasteiger partial charge is 0.269 e. The first kappa shape index (κ1) is 15.3. The van der Waals surface area contributed by atoms with Gasteiger partial charge in [0.2, 0.25) is 0 Å². The molecular weight excluding hydrogens is 302 g/mol. The summed E-state index contributed by atoms with van der Waals surface area (Å²) in [5, 5.41) is 20.2. The first-order valence-electron chi connectivity index (χ1n) is 7.28. The maximum Gasteiger partial charge on any atom is 0.269 e. The lowest BCUT2D eigenvalue weighted by atomic mass is 10.1. The Hall–Kier alpha value is -3.65. The maximum atomic E-state index is 10.7. The Bertz CT molecular complexity index is 933. The number of hydrogen-bond donors (Lipinski definition) is 0. The van der Waals surface area contributed by atoms with E-state index in [9.17, 15) is 15.4 Å². The molecule has 2 aromatic carbocycles. The van der Waals surface area contributed by atoms with Crippen molar-refractivity contribution in [2.45, 2.75) is 0 Å². The van der Waals surface area contributed by atoms with E-state index in [0.29, 0.717) is 11.1 Å². The summed E-state index contributed by atoms with van der Waals surface area (Å²) in [5.74, 6) is 0. The molecular formula is C19H13N3O2. The first-order chi connectivity index (χ1) is 11.7. The third kappa shape index (κ3) is 3.08. The molecule has 0 spiro atoms. The van der Waals surface area contributed by atoms with Crippen LogP contribution in [-0.4, -0.2) is 9.49 Å². The highest BCUT2D eigenvalue weighted by Gasteiger charge is 2.08. The van der Waals surface area contributed by atoms with E-state index in [1.54, 1.807) is 18.2 Å².